The van der Waals surface area contributed by atoms with Gasteiger partial charge in [0.05, 0.1) is 38.8 Å². The fraction of sp³-hybridized carbons (Fsp3) is 0.250. The van der Waals surface area contributed by atoms with Gasteiger partial charge in [0.25, 0.3) is 5.91 Å². The Morgan fingerprint density at radius 2 is 1.97 bits per heavy atom. The van der Waals surface area contributed by atoms with Crippen molar-refractivity contribution in [2.45, 2.75) is 38.4 Å². The molecule has 9 heteroatoms. The number of hydrogen-bond donors (Lipinski definition) is 1. The number of carbonyl (C=O) groups is 1. The van der Waals surface area contributed by atoms with Crippen LogP contribution in [-0.4, -0.2) is 27.3 Å². The molecule has 0 unspecified atom stereocenters. The average molecular weight is 523 g/mol. The van der Waals surface area contributed by atoms with E-state index in [-0.39, 0.29) is 11.4 Å². The molecule has 2 heterocycles. The van der Waals surface area contributed by atoms with Crippen molar-refractivity contribution in [1.29, 1.82) is 5.26 Å². The zero-order valence-corrected chi connectivity index (χ0v) is 20.8. The summed E-state index contributed by atoms with van der Waals surface area (Å²) in [6.45, 7) is 4.23. The molecule has 1 N–H and O–H groups in total. The van der Waals surface area contributed by atoms with Crippen LogP contribution in [0, 0.1) is 18.3 Å². The van der Waals surface area contributed by atoms with Gasteiger partial charge in [-0.1, -0.05) is 41.4 Å². The summed E-state index contributed by atoms with van der Waals surface area (Å²) in [6, 6.07) is 17.0. The van der Waals surface area contributed by atoms with Crippen LogP contribution in [0.4, 0.5) is 13.2 Å². The number of carbonyl (C=O) groups excluding carboxylic acids is 1. The normalized spacial score (nSPS) is 17.8. The number of alkyl halides is 3. The largest absolute Gasteiger partial charge is 0.417 e. The molecule has 37 heavy (non-hydrogen) atoms. The number of amides is 1. The Morgan fingerprint density at radius 1 is 1.19 bits per heavy atom. The van der Waals surface area contributed by atoms with Crippen LogP contribution in [0.3, 0.4) is 0 Å². The van der Waals surface area contributed by atoms with Crippen LogP contribution in [0.15, 0.2) is 54.6 Å². The lowest BCUT2D eigenvalue weighted by Gasteiger charge is -2.34. The molecular formula is C28H22ClF3N4O. The predicted octanol–water partition coefficient (Wildman–Crippen LogP) is 7.23. The van der Waals surface area contributed by atoms with E-state index in [0.29, 0.717) is 47.4 Å². The number of aryl methyl sites for hydroxylation is 1. The number of likely N-dealkylation sites (tertiary alicyclic amines) is 1. The molecule has 0 bridgehead atoms. The first kappa shape index (κ1) is 24.8. The third-order valence-corrected chi connectivity index (χ3v) is 7.29. The van der Waals surface area contributed by atoms with Gasteiger partial charge in [0.1, 0.15) is 5.82 Å². The molecule has 0 radical (unpaired) electrons. The SMILES string of the molecule is Cc1ccc(-c2cccc(C#N)c2)c(C(=O)N2CCC[C@@]2(C)c2nc3cc(C(F)(F)F)c(Cl)cc3[nH]2)c1. The van der Waals surface area contributed by atoms with Gasteiger partial charge in [-0.05, 0) is 68.1 Å². The van der Waals surface area contributed by atoms with Crippen molar-refractivity contribution in [3.05, 3.63) is 87.7 Å². The minimum Gasteiger partial charge on any atom is -0.340 e. The maximum Gasteiger partial charge on any atom is 0.417 e. The summed E-state index contributed by atoms with van der Waals surface area (Å²) in [4.78, 5) is 23.4. The third-order valence-electron chi connectivity index (χ3n) is 6.98. The van der Waals surface area contributed by atoms with E-state index in [0.717, 1.165) is 17.2 Å². The number of aromatic nitrogens is 2. The third kappa shape index (κ3) is 4.34. The van der Waals surface area contributed by atoms with E-state index in [1.54, 1.807) is 23.1 Å². The molecule has 1 aliphatic rings. The minimum atomic E-state index is -4.60. The molecule has 3 aromatic carbocycles. The highest BCUT2D eigenvalue weighted by molar-refractivity contribution is 6.32. The number of nitrogens with zero attached hydrogens (tertiary/aromatic N) is 3. The summed E-state index contributed by atoms with van der Waals surface area (Å²) in [7, 11) is 0. The Labute approximate surface area is 216 Å². The molecule has 1 saturated heterocycles. The number of nitriles is 1. The summed E-state index contributed by atoms with van der Waals surface area (Å²) in [5.41, 5.74) is 2.03. The Morgan fingerprint density at radius 3 is 2.70 bits per heavy atom. The highest BCUT2D eigenvalue weighted by Crippen LogP contribution is 2.42. The van der Waals surface area contributed by atoms with Gasteiger partial charge in [0, 0.05) is 12.1 Å². The summed E-state index contributed by atoms with van der Waals surface area (Å²) in [5.74, 6) is 0.194. The molecule has 1 atom stereocenters. The van der Waals surface area contributed by atoms with Gasteiger partial charge in [-0.2, -0.15) is 18.4 Å². The molecule has 1 fully saturated rings. The van der Waals surface area contributed by atoms with Crippen molar-refractivity contribution in [2.75, 3.05) is 6.54 Å². The van der Waals surface area contributed by atoms with E-state index in [1.807, 2.05) is 38.1 Å². The summed E-state index contributed by atoms with van der Waals surface area (Å²) >= 11 is 5.91. The van der Waals surface area contributed by atoms with Crippen LogP contribution in [0.2, 0.25) is 5.02 Å². The number of benzene rings is 3. The molecule has 5 rings (SSSR count). The molecule has 4 aromatic rings. The highest BCUT2D eigenvalue weighted by Gasteiger charge is 2.44. The quantitative estimate of drug-likeness (QED) is 0.308. The van der Waals surface area contributed by atoms with Crippen LogP contribution in [0.5, 0.6) is 0 Å². The lowest BCUT2D eigenvalue weighted by molar-refractivity contribution is -0.137. The smallest absolute Gasteiger partial charge is 0.340 e. The fourth-order valence-electron chi connectivity index (χ4n) is 5.03. The van der Waals surface area contributed by atoms with Crippen molar-refractivity contribution in [3.8, 4) is 17.2 Å². The molecule has 1 aromatic heterocycles. The van der Waals surface area contributed by atoms with E-state index in [4.69, 9.17) is 11.6 Å². The average Bonchev–Trinajstić information content (AvgIpc) is 3.46. The first-order valence-electron chi connectivity index (χ1n) is 11.7. The van der Waals surface area contributed by atoms with Gasteiger partial charge in [0.15, 0.2) is 0 Å². The molecule has 0 aliphatic carbocycles. The number of aromatic amines is 1. The second-order valence-corrected chi connectivity index (χ2v) is 9.92. The van der Waals surface area contributed by atoms with E-state index < -0.39 is 22.3 Å². The van der Waals surface area contributed by atoms with Gasteiger partial charge in [-0.25, -0.2) is 4.98 Å². The summed E-state index contributed by atoms with van der Waals surface area (Å²) < 4.78 is 40.1. The Kier molecular flexibility index (Phi) is 5.99. The zero-order valence-electron chi connectivity index (χ0n) is 20.1. The number of nitrogens with one attached hydrogen (secondary N) is 1. The second kappa shape index (κ2) is 8.93. The minimum absolute atomic E-state index is 0.136. The van der Waals surface area contributed by atoms with Crippen molar-refractivity contribution >= 4 is 28.5 Å². The highest BCUT2D eigenvalue weighted by atomic mass is 35.5. The maximum absolute atomic E-state index is 14.0. The lowest BCUT2D eigenvalue weighted by atomic mass is 9.93. The van der Waals surface area contributed by atoms with Crippen LogP contribution in [0.25, 0.3) is 22.2 Å². The van der Waals surface area contributed by atoms with E-state index in [9.17, 15) is 23.2 Å². The van der Waals surface area contributed by atoms with Gasteiger partial charge >= 0.3 is 6.18 Å². The first-order chi connectivity index (χ1) is 17.5. The topological polar surface area (TPSA) is 72.8 Å². The summed E-state index contributed by atoms with van der Waals surface area (Å²) in [5, 5.41) is 8.92. The molecule has 1 amide bonds. The van der Waals surface area contributed by atoms with E-state index in [2.05, 4.69) is 16.0 Å². The van der Waals surface area contributed by atoms with Gasteiger partial charge in [0.2, 0.25) is 0 Å². The Bertz CT molecular complexity index is 1590. The standard InChI is InChI=1S/C28H22ClF3N4O/c1-16-7-8-19(18-6-3-5-17(12-18)15-33)20(11-16)25(37)36-10-4-9-27(36,2)26-34-23-13-21(28(30,31)32)22(29)14-24(23)35-26/h3,5-8,11-14H,4,9-10H2,1-2H3,(H,34,35)/t27-/m0/s1. The molecular weight excluding hydrogens is 501 g/mol. The van der Waals surface area contributed by atoms with E-state index >= 15 is 0 Å². The van der Waals surface area contributed by atoms with Gasteiger partial charge < -0.3 is 9.88 Å². The number of halogens is 4. The van der Waals surface area contributed by atoms with E-state index in [1.165, 1.54) is 6.07 Å². The van der Waals surface area contributed by atoms with Crippen molar-refractivity contribution in [2.24, 2.45) is 0 Å². The van der Waals surface area contributed by atoms with Crippen LogP contribution < -0.4 is 0 Å². The molecule has 5 nitrogen and oxygen atoms in total. The predicted molar refractivity (Wildman–Crippen MR) is 135 cm³/mol. The Balaban J connectivity index is 1.58. The van der Waals surface area contributed by atoms with Gasteiger partial charge in [-0.3, -0.25) is 4.79 Å². The summed E-state index contributed by atoms with van der Waals surface area (Å²) in [6.07, 6.45) is -3.31. The van der Waals surface area contributed by atoms with Gasteiger partial charge in [-0.15, -0.1) is 0 Å². The molecule has 0 saturated carbocycles. The number of imidazole rings is 1. The van der Waals surface area contributed by atoms with Crippen molar-refractivity contribution < 1.29 is 18.0 Å². The number of hydrogen-bond acceptors (Lipinski definition) is 3. The zero-order chi connectivity index (χ0) is 26.5. The first-order valence-corrected chi connectivity index (χ1v) is 12.1. The number of H-pyrrole nitrogens is 1. The van der Waals surface area contributed by atoms with Crippen LogP contribution in [0.1, 0.15) is 52.6 Å². The molecule has 188 valence electrons. The monoisotopic (exact) mass is 522 g/mol. The lowest BCUT2D eigenvalue weighted by Crippen LogP contribution is -2.43. The van der Waals surface area contributed by atoms with Crippen LogP contribution >= 0.6 is 11.6 Å². The number of fused-ring (bicyclic) bond motifs is 1. The van der Waals surface area contributed by atoms with Crippen molar-refractivity contribution in [1.82, 2.24) is 14.9 Å². The van der Waals surface area contributed by atoms with Crippen molar-refractivity contribution in [3.63, 3.8) is 0 Å². The molecule has 1 aliphatic heterocycles. The second-order valence-electron chi connectivity index (χ2n) is 9.51. The number of rotatable bonds is 3. The molecule has 0 spiro atoms. The van der Waals surface area contributed by atoms with Crippen LogP contribution in [-0.2, 0) is 11.7 Å². The maximum atomic E-state index is 14.0. The Hall–Kier alpha value is -3.83. The fourth-order valence-corrected chi connectivity index (χ4v) is 5.30.